The summed E-state index contributed by atoms with van der Waals surface area (Å²) >= 11 is 0. The van der Waals surface area contributed by atoms with Gasteiger partial charge < -0.3 is 20.1 Å². The van der Waals surface area contributed by atoms with E-state index in [0.717, 1.165) is 22.3 Å². The molecular weight excluding hydrogens is 432 g/mol. The van der Waals surface area contributed by atoms with Gasteiger partial charge in [0.1, 0.15) is 12.6 Å². The molecule has 1 unspecified atom stereocenters. The fourth-order valence-corrected chi connectivity index (χ4v) is 4.42. The molecule has 0 aliphatic heterocycles. The van der Waals surface area contributed by atoms with E-state index >= 15 is 0 Å². The third-order valence-electron chi connectivity index (χ3n) is 6.12. The third kappa shape index (κ3) is 5.76. The van der Waals surface area contributed by atoms with E-state index in [-0.39, 0.29) is 31.4 Å². The summed E-state index contributed by atoms with van der Waals surface area (Å²) in [4.78, 5) is 38.7. The van der Waals surface area contributed by atoms with Crippen molar-refractivity contribution in [2.45, 2.75) is 52.5 Å². The summed E-state index contributed by atoms with van der Waals surface area (Å²) in [7, 11) is 0. The van der Waals surface area contributed by atoms with Crippen molar-refractivity contribution in [3.63, 3.8) is 0 Å². The zero-order valence-corrected chi connectivity index (χ0v) is 20.3. The standard InChI is InChI=1S/C27H34N2O5/c1-5-15-29(16-14-23(30)31)25(32)24(27(2,3)4)28-26(33)34-17-22-20-12-8-6-10-18(20)19-11-7-9-13-21(19)22/h6-13,22,24H,5,14-17H2,1-4H3,(H,28,33)(H,30,31). The van der Waals surface area contributed by atoms with E-state index in [4.69, 9.17) is 9.84 Å². The summed E-state index contributed by atoms with van der Waals surface area (Å²) in [5, 5.41) is 11.8. The van der Waals surface area contributed by atoms with E-state index < -0.39 is 23.5 Å². The summed E-state index contributed by atoms with van der Waals surface area (Å²) in [6.45, 7) is 8.18. The van der Waals surface area contributed by atoms with Crippen molar-refractivity contribution in [1.82, 2.24) is 10.2 Å². The number of nitrogens with one attached hydrogen (secondary N) is 1. The maximum absolute atomic E-state index is 13.3. The van der Waals surface area contributed by atoms with Gasteiger partial charge in [-0.25, -0.2) is 4.79 Å². The van der Waals surface area contributed by atoms with Gasteiger partial charge in [-0.15, -0.1) is 0 Å². The average Bonchev–Trinajstić information content (AvgIpc) is 3.11. The first-order valence-corrected chi connectivity index (χ1v) is 11.8. The van der Waals surface area contributed by atoms with Crippen molar-refractivity contribution in [2.75, 3.05) is 19.7 Å². The molecule has 0 fully saturated rings. The molecule has 0 saturated heterocycles. The third-order valence-corrected chi connectivity index (χ3v) is 6.12. The summed E-state index contributed by atoms with van der Waals surface area (Å²) in [6, 6.07) is 15.3. The summed E-state index contributed by atoms with van der Waals surface area (Å²) in [5.41, 5.74) is 3.93. The first-order chi connectivity index (χ1) is 16.1. The number of carboxylic acids is 1. The maximum Gasteiger partial charge on any atom is 0.407 e. The molecule has 2 amide bonds. The number of hydrogen-bond acceptors (Lipinski definition) is 4. The zero-order valence-electron chi connectivity index (χ0n) is 20.3. The minimum absolute atomic E-state index is 0.0749. The lowest BCUT2D eigenvalue weighted by Gasteiger charge is -2.34. The van der Waals surface area contributed by atoms with Crippen molar-refractivity contribution >= 4 is 18.0 Å². The van der Waals surface area contributed by atoms with Crippen molar-refractivity contribution in [2.24, 2.45) is 5.41 Å². The van der Waals surface area contributed by atoms with Crippen LogP contribution in [-0.4, -0.2) is 53.7 Å². The van der Waals surface area contributed by atoms with E-state index in [1.54, 1.807) is 0 Å². The molecule has 7 heteroatoms. The van der Waals surface area contributed by atoms with E-state index in [1.807, 2.05) is 64.1 Å². The Kier molecular flexibility index (Phi) is 7.97. The molecule has 0 saturated carbocycles. The van der Waals surface area contributed by atoms with Crippen LogP contribution in [0.5, 0.6) is 0 Å². The van der Waals surface area contributed by atoms with Crippen LogP contribution in [0, 0.1) is 5.41 Å². The van der Waals surface area contributed by atoms with Gasteiger partial charge in [-0.3, -0.25) is 9.59 Å². The quantitative estimate of drug-likeness (QED) is 0.561. The number of carbonyl (C=O) groups is 3. The fraction of sp³-hybridized carbons (Fsp3) is 0.444. The Bertz CT molecular complexity index is 998. The summed E-state index contributed by atoms with van der Waals surface area (Å²) < 4.78 is 5.64. The highest BCUT2D eigenvalue weighted by atomic mass is 16.5. The van der Waals surface area contributed by atoms with Gasteiger partial charge in [-0.05, 0) is 34.1 Å². The van der Waals surface area contributed by atoms with E-state index in [0.29, 0.717) is 13.0 Å². The van der Waals surface area contributed by atoms with Gasteiger partial charge in [0.2, 0.25) is 5.91 Å². The predicted octanol–water partition coefficient (Wildman–Crippen LogP) is 4.65. The molecule has 34 heavy (non-hydrogen) atoms. The smallest absolute Gasteiger partial charge is 0.407 e. The van der Waals surface area contributed by atoms with Gasteiger partial charge >= 0.3 is 12.1 Å². The van der Waals surface area contributed by atoms with Crippen molar-refractivity contribution in [3.05, 3.63) is 59.7 Å². The summed E-state index contributed by atoms with van der Waals surface area (Å²) in [5.74, 6) is -1.34. The molecule has 182 valence electrons. The molecule has 0 aromatic heterocycles. The monoisotopic (exact) mass is 466 g/mol. The van der Waals surface area contributed by atoms with E-state index in [1.165, 1.54) is 4.90 Å². The van der Waals surface area contributed by atoms with Gasteiger partial charge in [0.05, 0.1) is 6.42 Å². The number of benzene rings is 2. The lowest BCUT2D eigenvalue weighted by Crippen LogP contribution is -2.55. The van der Waals surface area contributed by atoms with Gasteiger partial charge in [0, 0.05) is 19.0 Å². The number of aliphatic carboxylic acids is 1. The molecule has 1 atom stereocenters. The number of rotatable bonds is 9. The minimum atomic E-state index is -0.967. The number of hydrogen-bond donors (Lipinski definition) is 2. The van der Waals surface area contributed by atoms with Crippen LogP contribution in [0.3, 0.4) is 0 Å². The number of alkyl carbamates (subject to hydrolysis) is 1. The SMILES string of the molecule is CCCN(CCC(=O)O)C(=O)C(NC(=O)OCC1c2ccccc2-c2ccccc21)C(C)(C)C. The zero-order chi connectivity index (χ0) is 24.9. The van der Waals surface area contributed by atoms with Crippen LogP contribution in [0.15, 0.2) is 48.5 Å². The first kappa shape index (κ1) is 25.3. The minimum Gasteiger partial charge on any atom is -0.481 e. The highest BCUT2D eigenvalue weighted by Gasteiger charge is 2.36. The molecule has 0 radical (unpaired) electrons. The Hall–Kier alpha value is -3.35. The second-order valence-corrected chi connectivity index (χ2v) is 9.74. The maximum atomic E-state index is 13.3. The van der Waals surface area contributed by atoms with Crippen molar-refractivity contribution in [1.29, 1.82) is 0 Å². The molecule has 2 N–H and O–H groups in total. The molecule has 3 rings (SSSR count). The number of amides is 2. The molecule has 2 aromatic carbocycles. The average molecular weight is 467 g/mol. The molecule has 7 nitrogen and oxygen atoms in total. The molecule has 1 aliphatic rings. The molecule has 2 aromatic rings. The highest BCUT2D eigenvalue weighted by molar-refractivity contribution is 5.87. The van der Waals surface area contributed by atoms with Gasteiger partial charge in [0.25, 0.3) is 0 Å². The summed E-state index contributed by atoms with van der Waals surface area (Å²) in [6.07, 6.45) is -0.120. The number of carboxylic acid groups (broad SMARTS) is 1. The van der Waals surface area contributed by atoms with Crippen LogP contribution >= 0.6 is 0 Å². The Morgan fingerprint density at radius 1 is 1.00 bits per heavy atom. The topological polar surface area (TPSA) is 95.9 Å². The van der Waals surface area contributed by atoms with Gasteiger partial charge in [0.15, 0.2) is 0 Å². The Labute approximate surface area is 201 Å². The Morgan fingerprint density at radius 3 is 2.06 bits per heavy atom. The second kappa shape index (κ2) is 10.7. The van der Waals surface area contributed by atoms with E-state index in [9.17, 15) is 14.4 Å². The lowest BCUT2D eigenvalue weighted by atomic mass is 9.85. The molecule has 1 aliphatic carbocycles. The van der Waals surface area contributed by atoms with Crippen LogP contribution in [0.4, 0.5) is 4.79 Å². The number of fused-ring (bicyclic) bond motifs is 3. The number of nitrogens with zero attached hydrogens (tertiary/aromatic N) is 1. The second-order valence-electron chi connectivity index (χ2n) is 9.74. The molecule has 0 spiro atoms. The van der Waals surface area contributed by atoms with Crippen LogP contribution in [0.2, 0.25) is 0 Å². The van der Waals surface area contributed by atoms with Crippen LogP contribution in [0.1, 0.15) is 57.6 Å². The van der Waals surface area contributed by atoms with E-state index in [2.05, 4.69) is 17.4 Å². The van der Waals surface area contributed by atoms with Gasteiger partial charge in [-0.2, -0.15) is 0 Å². The lowest BCUT2D eigenvalue weighted by molar-refractivity contribution is -0.140. The van der Waals surface area contributed by atoms with Crippen molar-refractivity contribution in [3.8, 4) is 11.1 Å². The van der Waals surface area contributed by atoms with Gasteiger partial charge in [-0.1, -0.05) is 76.2 Å². The van der Waals surface area contributed by atoms with Crippen LogP contribution < -0.4 is 5.32 Å². The van der Waals surface area contributed by atoms with Crippen LogP contribution in [-0.2, 0) is 14.3 Å². The Morgan fingerprint density at radius 2 is 1.56 bits per heavy atom. The number of ether oxygens (including phenoxy) is 1. The molecule has 0 heterocycles. The normalized spacial score (nSPS) is 13.5. The van der Waals surface area contributed by atoms with Crippen LogP contribution in [0.25, 0.3) is 11.1 Å². The highest BCUT2D eigenvalue weighted by Crippen LogP contribution is 2.44. The molecular formula is C27H34N2O5. The first-order valence-electron chi connectivity index (χ1n) is 11.8. The molecule has 0 bridgehead atoms. The Balaban J connectivity index is 1.71. The largest absolute Gasteiger partial charge is 0.481 e. The predicted molar refractivity (Wildman–Crippen MR) is 131 cm³/mol. The fourth-order valence-electron chi connectivity index (χ4n) is 4.42. The number of carbonyl (C=O) groups excluding carboxylic acids is 2. The van der Waals surface area contributed by atoms with Crippen molar-refractivity contribution < 1.29 is 24.2 Å².